The highest BCUT2D eigenvalue weighted by molar-refractivity contribution is 5.81. The fourth-order valence-electron chi connectivity index (χ4n) is 3.19. The molecule has 146 valence electrons. The molecule has 2 amide bonds. The SMILES string of the molecule is COc1ccc(OCCNC(=O)CC2c3ccccc3C=CN2C(C)=O)cc1. The highest BCUT2D eigenvalue weighted by atomic mass is 16.5. The quantitative estimate of drug-likeness (QED) is 0.750. The minimum Gasteiger partial charge on any atom is -0.497 e. The summed E-state index contributed by atoms with van der Waals surface area (Å²) in [5.41, 5.74) is 2.01. The first-order valence-corrected chi connectivity index (χ1v) is 9.18. The molecule has 2 aromatic rings. The molecule has 6 nitrogen and oxygen atoms in total. The van der Waals surface area contributed by atoms with Gasteiger partial charge >= 0.3 is 0 Å². The number of rotatable bonds is 7. The fraction of sp³-hybridized carbons (Fsp3) is 0.273. The van der Waals surface area contributed by atoms with E-state index in [-0.39, 0.29) is 24.3 Å². The smallest absolute Gasteiger partial charge is 0.223 e. The Morgan fingerprint density at radius 3 is 2.50 bits per heavy atom. The summed E-state index contributed by atoms with van der Waals surface area (Å²) in [5.74, 6) is 1.26. The lowest BCUT2D eigenvalue weighted by molar-refractivity contribution is -0.130. The molecule has 1 atom stereocenters. The van der Waals surface area contributed by atoms with Crippen LogP contribution in [0.5, 0.6) is 11.5 Å². The molecule has 1 N–H and O–H groups in total. The van der Waals surface area contributed by atoms with E-state index >= 15 is 0 Å². The van der Waals surface area contributed by atoms with Crippen LogP contribution < -0.4 is 14.8 Å². The molecule has 0 fully saturated rings. The third-order valence-corrected chi connectivity index (χ3v) is 4.60. The van der Waals surface area contributed by atoms with Crippen LogP contribution >= 0.6 is 0 Å². The lowest BCUT2D eigenvalue weighted by atomic mass is 9.93. The number of hydrogen-bond acceptors (Lipinski definition) is 4. The molecule has 0 saturated carbocycles. The third kappa shape index (κ3) is 4.71. The Kier molecular flexibility index (Phi) is 6.32. The molecule has 6 heteroatoms. The van der Waals surface area contributed by atoms with E-state index in [0.717, 1.165) is 16.9 Å². The highest BCUT2D eigenvalue weighted by Gasteiger charge is 2.27. The largest absolute Gasteiger partial charge is 0.497 e. The Bertz CT molecular complexity index is 861. The van der Waals surface area contributed by atoms with Crippen molar-refractivity contribution in [3.63, 3.8) is 0 Å². The zero-order valence-corrected chi connectivity index (χ0v) is 16.1. The monoisotopic (exact) mass is 380 g/mol. The number of methoxy groups -OCH3 is 1. The Balaban J connectivity index is 1.53. The van der Waals surface area contributed by atoms with E-state index in [1.807, 2.05) is 54.6 Å². The van der Waals surface area contributed by atoms with Gasteiger partial charge in [-0.3, -0.25) is 9.59 Å². The van der Waals surface area contributed by atoms with E-state index in [1.54, 1.807) is 18.2 Å². The van der Waals surface area contributed by atoms with Gasteiger partial charge in [-0.15, -0.1) is 0 Å². The van der Waals surface area contributed by atoms with Crippen molar-refractivity contribution in [2.24, 2.45) is 0 Å². The molecular weight excluding hydrogens is 356 g/mol. The van der Waals surface area contributed by atoms with Crippen molar-refractivity contribution in [1.82, 2.24) is 10.2 Å². The van der Waals surface area contributed by atoms with Gasteiger partial charge in [0.05, 0.1) is 26.1 Å². The van der Waals surface area contributed by atoms with Gasteiger partial charge in [-0.05, 0) is 41.5 Å². The van der Waals surface area contributed by atoms with Crippen molar-refractivity contribution < 1.29 is 19.1 Å². The second kappa shape index (κ2) is 9.08. The average molecular weight is 380 g/mol. The molecule has 1 aliphatic rings. The van der Waals surface area contributed by atoms with Gasteiger partial charge in [-0.2, -0.15) is 0 Å². The molecule has 3 rings (SSSR count). The van der Waals surface area contributed by atoms with E-state index in [2.05, 4.69) is 5.32 Å². The molecule has 2 aromatic carbocycles. The summed E-state index contributed by atoms with van der Waals surface area (Å²) in [6.07, 6.45) is 3.84. The standard InChI is InChI=1S/C22H24N2O4/c1-16(25)24-13-11-17-5-3-4-6-20(17)21(24)15-22(26)23-12-14-28-19-9-7-18(27-2)8-10-19/h3-11,13,21H,12,14-15H2,1-2H3,(H,23,26). The van der Waals surface area contributed by atoms with Gasteiger partial charge in [0.1, 0.15) is 18.1 Å². The highest BCUT2D eigenvalue weighted by Crippen LogP contribution is 2.32. The number of nitrogens with one attached hydrogen (secondary N) is 1. The second-order valence-corrected chi connectivity index (χ2v) is 6.46. The maximum Gasteiger partial charge on any atom is 0.223 e. The lowest BCUT2D eigenvalue weighted by Gasteiger charge is -2.32. The first-order chi connectivity index (χ1) is 13.6. The molecular formula is C22H24N2O4. The summed E-state index contributed by atoms with van der Waals surface area (Å²) < 4.78 is 10.7. The van der Waals surface area contributed by atoms with Crippen molar-refractivity contribution in [3.8, 4) is 11.5 Å². The van der Waals surface area contributed by atoms with Crippen LogP contribution in [0, 0.1) is 0 Å². The topological polar surface area (TPSA) is 67.9 Å². The predicted molar refractivity (Wildman–Crippen MR) is 107 cm³/mol. The van der Waals surface area contributed by atoms with Crippen molar-refractivity contribution >= 4 is 17.9 Å². The number of carbonyl (C=O) groups is 2. The number of hydrogen-bond donors (Lipinski definition) is 1. The number of nitrogens with zero attached hydrogens (tertiary/aromatic N) is 1. The second-order valence-electron chi connectivity index (χ2n) is 6.46. The number of benzene rings is 2. The minimum atomic E-state index is -0.304. The van der Waals surface area contributed by atoms with Crippen molar-refractivity contribution in [3.05, 3.63) is 65.9 Å². The molecule has 1 unspecified atom stereocenters. The first kappa shape index (κ1) is 19.5. The number of fused-ring (bicyclic) bond motifs is 1. The minimum absolute atomic E-state index is 0.0913. The number of amides is 2. The first-order valence-electron chi connectivity index (χ1n) is 9.18. The van der Waals surface area contributed by atoms with Crippen LogP contribution in [0.15, 0.2) is 54.7 Å². The molecule has 0 aromatic heterocycles. The maximum absolute atomic E-state index is 12.4. The summed E-state index contributed by atoms with van der Waals surface area (Å²) in [5, 5.41) is 2.86. The normalized spacial score (nSPS) is 14.9. The molecule has 1 heterocycles. The summed E-state index contributed by atoms with van der Waals surface area (Å²) in [6, 6.07) is 14.8. The summed E-state index contributed by atoms with van der Waals surface area (Å²) in [4.78, 5) is 26.0. The van der Waals surface area contributed by atoms with E-state index in [0.29, 0.717) is 18.9 Å². The van der Waals surface area contributed by atoms with E-state index in [1.165, 1.54) is 6.92 Å². The van der Waals surface area contributed by atoms with Crippen molar-refractivity contribution in [1.29, 1.82) is 0 Å². The Morgan fingerprint density at radius 1 is 1.07 bits per heavy atom. The van der Waals surface area contributed by atoms with Gasteiger partial charge in [-0.25, -0.2) is 0 Å². The van der Waals surface area contributed by atoms with Crippen LogP contribution in [-0.4, -0.2) is 37.0 Å². The van der Waals surface area contributed by atoms with Crippen LogP contribution in [0.3, 0.4) is 0 Å². The van der Waals surface area contributed by atoms with E-state index in [4.69, 9.17) is 9.47 Å². The number of carbonyl (C=O) groups excluding carboxylic acids is 2. The molecule has 0 saturated heterocycles. The van der Waals surface area contributed by atoms with Gasteiger partial charge < -0.3 is 19.7 Å². The Hall–Kier alpha value is -3.28. The Labute approximate surface area is 164 Å². The summed E-state index contributed by atoms with van der Waals surface area (Å²) >= 11 is 0. The zero-order valence-electron chi connectivity index (χ0n) is 16.1. The van der Waals surface area contributed by atoms with Crippen LogP contribution in [0.25, 0.3) is 6.08 Å². The fourth-order valence-corrected chi connectivity index (χ4v) is 3.19. The molecule has 0 radical (unpaired) electrons. The van der Waals surface area contributed by atoms with Crippen molar-refractivity contribution in [2.75, 3.05) is 20.3 Å². The van der Waals surface area contributed by atoms with Crippen LogP contribution in [0.1, 0.15) is 30.5 Å². The molecule has 0 bridgehead atoms. The Morgan fingerprint density at radius 2 is 1.79 bits per heavy atom. The third-order valence-electron chi connectivity index (χ3n) is 4.60. The van der Waals surface area contributed by atoms with Gasteiger partial charge in [0.25, 0.3) is 0 Å². The van der Waals surface area contributed by atoms with Gasteiger partial charge in [0.2, 0.25) is 11.8 Å². The van der Waals surface area contributed by atoms with Gasteiger partial charge in [0, 0.05) is 13.1 Å². The van der Waals surface area contributed by atoms with E-state index < -0.39 is 0 Å². The average Bonchev–Trinajstić information content (AvgIpc) is 2.71. The van der Waals surface area contributed by atoms with Crippen LogP contribution in [0.4, 0.5) is 0 Å². The zero-order chi connectivity index (χ0) is 19.9. The lowest BCUT2D eigenvalue weighted by Crippen LogP contribution is -2.36. The summed E-state index contributed by atoms with van der Waals surface area (Å²) in [7, 11) is 1.61. The van der Waals surface area contributed by atoms with Crippen LogP contribution in [0.2, 0.25) is 0 Å². The van der Waals surface area contributed by atoms with Gasteiger partial charge in [0.15, 0.2) is 0 Å². The number of ether oxygens (including phenoxy) is 2. The predicted octanol–water partition coefficient (Wildman–Crippen LogP) is 3.15. The van der Waals surface area contributed by atoms with E-state index in [9.17, 15) is 9.59 Å². The molecule has 28 heavy (non-hydrogen) atoms. The molecule has 0 spiro atoms. The molecule has 1 aliphatic heterocycles. The van der Waals surface area contributed by atoms with Gasteiger partial charge in [-0.1, -0.05) is 24.3 Å². The maximum atomic E-state index is 12.4. The van der Waals surface area contributed by atoms with Crippen molar-refractivity contribution in [2.45, 2.75) is 19.4 Å². The van der Waals surface area contributed by atoms with Crippen LogP contribution in [-0.2, 0) is 9.59 Å². The summed E-state index contributed by atoms with van der Waals surface area (Å²) in [6.45, 7) is 2.25. The molecule has 0 aliphatic carbocycles.